The molecule has 0 unspecified atom stereocenters. The highest BCUT2D eigenvalue weighted by molar-refractivity contribution is 6.35. The minimum atomic E-state index is -0.698. The van der Waals surface area contributed by atoms with Gasteiger partial charge in [-0.3, -0.25) is 9.48 Å². The van der Waals surface area contributed by atoms with Crippen molar-refractivity contribution in [2.45, 2.75) is 6.04 Å². The Kier molecular flexibility index (Phi) is 5.78. The quantitative estimate of drug-likeness (QED) is 0.334. The Balaban J connectivity index is 1.34. The van der Waals surface area contributed by atoms with E-state index >= 15 is 8.78 Å². The molecule has 4 aromatic rings. The number of nitrogens with zero attached hydrogens (tertiary/aromatic N) is 8. The molecule has 9 nitrogen and oxygen atoms in total. The number of hydrogen-bond donors (Lipinski definition) is 0. The minimum absolute atomic E-state index is 0.0243. The third-order valence-electron chi connectivity index (χ3n) is 8.72. The van der Waals surface area contributed by atoms with Crippen LogP contribution in [0.4, 0.5) is 20.5 Å². The van der Waals surface area contributed by atoms with E-state index in [1.165, 1.54) is 16.8 Å². The van der Waals surface area contributed by atoms with Crippen LogP contribution in [-0.4, -0.2) is 94.9 Å². The first-order chi connectivity index (χ1) is 19.6. The zero-order valence-corrected chi connectivity index (χ0v) is 23.8. The molecular weight excluding hydrogens is 550 g/mol. The molecule has 2 aromatic heterocycles. The van der Waals surface area contributed by atoms with E-state index in [1.807, 2.05) is 19.0 Å². The maximum absolute atomic E-state index is 16.6. The molecule has 3 fully saturated rings. The summed E-state index contributed by atoms with van der Waals surface area (Å²) in [6, 6.07) is 4.90. The number of aromatic nitrogens is 4. The molecule has 212 valence electrons. The lowest BCUT2D eigenvalue weighted by atomic mass is 9.72. The summed E-state index contributed by atoms with van der Waals surface area (Å²) in [5, 5.41) is 5.45. The van der Waals surface area contributed by atoms with Gasteiger partial charge in [0.25, 0.3) is 0 Å². The van der Waals surface area contributed by atoms with E-state index in [0.29, 0.717) is 73.4 Å². The second-order valence-corrected chi connectivity index (χ2v) is 12.1. The van der Waals surface area contributed by atoms with E-state index in [4.69, 9.17) is 16.6 Å². The summed E-state index contributed by atoms with van der Waals surface area (Å²) in [6.07, 6.45) is 2.94. The van der Waals surface area contributed by atoms with Crippen molar-refractivity contribution in [1.29, 1.82) is 0 Å². The van der Waals surface area contributed by atoms with E-state index < -0.39 is 11.6 Å². The summed E-state index contributed by atoms with van der Waals surface area (Å²) in [6.45, 7) is 7.64. The normalized spacial score (nSPS) is 18.3. The zero-order chi connectivity index (χ0) is 28.8. The summed E-state index contributed by atoms with van der Waals surface area (Å²) >= 11 is 6.75. The standard InChI is InChI=1S/C29H29ClF2N8O/c1-5-21(41)39-12-29(13-39)14-40(15-29)27-18-8-19(30)22(23-20(31)7-6-16-9-33-37(4)26(16)23)24(32)25(18)34-28(35-27)38-10-17(11-38)36(2)3/h5-9,17H,1,10-15H2,2-4H3. The fourth-order valence-corrected chi connectivity index (χ4v) is 6.65. The maximum Gasteiger partial charge on any atom is 0.245 e. The lowest BCUT2D eigenvalue weighted by Crippen LogP contribution is -2.73. The van der Waals surface area contributed by atoms with Crippen LogP contribution in [0.5, 0.6) is 0 Å². The fourth-order valence-electron chi connectivity index (χ4n) is 6.37. The Bertz CT molecular complexity index is 1750. The second kappa shape index (κ2) is 9.09. The molecule has 0 aliphatic carbocycles. The summed E-state index contributed by atoms with van der Waals surface area (Å²) in [5.74, 6) is -0.356. The SMILES string of the molecule is C=CC(=O)N1CC2(C1)CN(c1nc(N3CC(N(C)C)C3)nc3c(F)c(-c4c(F)ccc5cnn(C)c45)c(Cl)cc13)C2. The van der Waals surface area contributed by atoms with Gasteiger partial charge in [0.2, 0.25) is 11.9 Å². The van der Waals surface area contributed by atoms with Crippen molar-refractivity contribution in [2.24, 2.45) is 12.5 Å². The molecule has 1 spiro atoms. The van der Waals surface area contributed by atoms with Gasteiger partial charge in [0.05, 0.1) is 16.7 Å². The highest BCUT2D eigenvalue weighted by Gasteiger charge is 2.53. The number of amides is 1. The monoisotopic (exact) mass is 578 g/mol. The summed E-state index contributed by atoms with van der Waals surface area (Å²) in [7, 11) is 5.73. The van der Waals surface area contributed by atoms with Gasteiger partial charge in [-0.2, -0.15) is 10.1 Å². The molecule has 3 aliphatic rings. The lowest BCUT2D eigenvalue weighted by molar-refractivity contribution is -0.139. The summed E-state index contributed by atoms with van der Waals surface area (Å²) in [5.41, 5.74) is 0.519. The van der Waals surface area contributed by atoms with Crippen LogP contribution < -0.4 is 9.80 Å². The van der Waals surface area contributed by atoms with Crippen LogP contribution in [0.2, 0.25) is 5.02 Å². The molecule has 5 heterocycles. The molecule has 2 aromatic carbocycles. The molecule has 3 aliphatic heterocycles. The van der Waals surface area contributed by atoms with Crippen LogP contribution in [0.25, 0.3) is 32.9 Å². The number of halogens is 3. The highest BCUT2D eigenvalue weighted by Crippen LogP contribution is 2.46. The van der Waals surface area contributed by atoms with Crippen molar-refractivity contribution >= 4 is 51.1 Å². The average Bonchev–Trinajstić information content (AvgIpc) is 3.23. The number of rotatable bonds is 5. The van der Waals surface area contributed by atoms with Crippen LogP contribution in [0, 0.1) is 17.0 Å². The van der Waals surface area contributed by atoms with Crippen molar-refractivity contribution in [2.75, 3.05) is 63.2 Å². The van der Waals surface area contributed by atoms with Gasteiger partial charge in [-0.1, -0.05) is 18.2 Å². The molecule has 41 heavy (non-hydrogen) atoms. The third-order valence-corrected chi connectivity index (χ3v) is 9.02. The zero-order valence-electron chi connectivity index (χ0n) is 23.0. The van der Waals surface area contributed by atoms with Gasteiger partial charge in [-0.15, -0.1) is 0 Å². The van der Waals surface area contributed by atoms with Crippen LogP contribution in [-0.2, 0) is 11.8 Å². The number of benzene rings is 2. The highest BCUT2D eigenvalue weighted by atomic mass is 35.5. The van der Waals surface area contributed by atoms with E-state index in [-0.39, 0.29) is 33.0 Å². The molecule has 3 saturated heterocycles. The predicted molar refractivity (Wildman–Crippen MR) is 155 cm³/mol. The number of hydrogen-bond acceptors (Lipinski definition) is 7. The minimum Gasteiger partial charge on any atom is -0.354 e. The first-order valence-corrected chi connectivity index (χ1v) is 13.8. The predicted octanol–water partition coefficient (Wildman–Crippen LogP) is 3.70. The number of carbonyl (C=O) groups excluding carboxylic acids is 1. The maximum atomic E-state index is 16.6. The summed E-state index contributed by atoms with van der Waals surface area (Å²) < 4.78 is 33.5. The van der Waals surface area contributed by atoms with Gasteiger partial charge in [0.1, 0.15) is 17.2 Å². The number of likely N-dealkylation sites (N-methyl/N-ethyl adjacent to an activating group) is 1. The Hall–Kier alpha value is -3.83. The summed E-state index contributed by atoms with van der Waals surface area (Å²) in [4.78, 5) is 29.6. The van der Waals surface area contributed by atoms with Crippen LogP contribution in [0.1, 0.15) is 0 Å². The molecule has 12 heteroatoms. The topological polar surface area (TPSA) is 73.6 Å². The first-order valence-electron chi connectivity index (χ1n) is 13.5. The van der Waals surface area contributed by atoms with Crippen molar-refractivity contribution in [1.82, 2.24) is 29.5 Å². The Morgan fingerprint density at radius 2 is 1.85 bits per heavy atom. The van der Waals surface area contributed by atoms with Gasteiger partial charge in [0.15, 0.2) is 5.82 Å². The Labute approximate surface area is 240 Å². The van der Waals surface area contributed by atoms with Gasteiger partial charge < -0.3 is 19.6 Å². The molecule has 0 saturated carbocycles. The Morgan fingerprint density at radius 3 is 2.54 bits per heavy atom. The van der Waals surface area contributed by atoms with Crippen molar-refractivity contribution < 1.29 is 13.6 Å². The van der Waals surface area contributed by atoms with Crippen LogP contribution >= 0.6 is 11.6 Å². The number of aryl methyl sites for hydroxylation is 1. The van der Waals surface area contributed by atoms with Gasteiger partial charge >= 0.3 is 0 Å². The molecule has 0 radical (unpaired) electrons. The molecule has 0 N–H and O–H groups in total. The van der Waals surface area contributed by atoms with Crippen molar-refractivity contribution in [3.8, 4) is 11.1 Å². The Morgan fingerprint density at radius 1 is 1.12 bits per heavy atom. The molecule has 0 atom stereocenters. The lowest BCUT2D eigenvalue weighted by Gasteiger charge is -2.60. The molecular formula is C29H29ClF2N8O. The first kappa shape index (κ1) is 26.1. The smallest absolute Gasteiger partial charge is 0.245 e. The van der Waals surface area contributed by atoms with Crippen LogP contribution in [0.15, 0.2) is 37.1 Å². The molecule has 1 amide bonds. The van der Waals surface area contributed by atoms with Crippen molar-refractivity contribution in [3.63, 3.8) is 0 Å². The number of carbonyl (C=O) groups is 1. The van der Waals surface area contributed by atoms with E-state index in [1.54, 1.807) is 30.3 Å². The second-order valence-electron chi connectivity index (χ2n) is 11.7. The van der Waals surface area contributed by atoms with Crippen molar-refractivity contribution in [3.05, 3.63) is 53.7 Å². The fraction of sp³-hybridized carbons (Fsp3) is 0.379. The van der Waals surface area contributed by atoms with E-state index in [0.717, 1.165) is 0 Å². The van der Waals surface area contributed by atoms with E-state index in [2.05, 4.69) is 26.5 Å². The van der Waals surface area contributed by atoms with Gasteiger partial charge in [-0.25, -0.2) is 13.8 Å². The largest absolute Gasteiger partial charge is 0.354 e. The van der Waals surface area contributed by atoms with E-state index in [9.17, 15) is 4.79 Å². The van der Waals surface area contributed by atoms with Gasteiger partial charge in [-0.05, 0) is 38.4 Å². The number of likely N-dealkylation sites (tertiary alicyclic amines) is 1. The molecule has 7 rings (SSSR count). The number of anilines is 2. The van der Waals surface area contributed by atoms with Gasteiger partial charge in [0, 0.05) is 79.7 Å². The van der Waals surface area contributed by atoms with Crippen LogP contribution in [0.3, 0.4) is 0 Å². The average molecular weight is 579 g/mol. The number of fused-ring (bicyclic) bond motifs is 2. The third kappa shape index (κ3) is 3.89. The molecule has 0 bridgehead atoms.